The van der Waals surface area contributed by atoms with Gasteiger partial charge in [0.05, 0.1) is 6.04 Å². The molecular weight excluding hydrogens is 260 g/mol. The third-order valence-electron chi connectivity index (χ3n) is 3.43. The van der Waals surface area contributed by atoms with Gasteiger partial charge < -0.3 is 10.6 Å². The van der Waals surface area contributed by atoms with Crippen LogP contribution in [0.2, 0.25) is 0 Å². The van der Waals surface area contributed by atoms with Gasteiger partial charge in [0.15, 0.2) is 0 Å². The molecule has 3 nitrogen and oxygen atoms in total. The lowest BCUT2D eigenvalue weighted by Gasteiger charge is -2.24. The Bertz CT molecular complexity index is 552. The maximum absolute atomic E-state index is 12.3. The maximum Gasteiger partial charge on any atom is 0.239 e. The highest BCUT2D eigenvalue weighted by molar-refractivity contribution is 5.81. The van der Waals surface area contributed by atoms with E-state index in [1.165, 1.54) is 5.56 Å². The summed E-state index contributed by atoms with van der Waals surface area (Å²) in [6.07, 6.45) is 0.839. The molecule has 2 rings (SSSR count). The lowest BCUT2D eigenvalue weighted by atomic mass is 10.1. The first-order chi connectivity index (χ1) is 10.2. The largest absolute Gasteiger partial charge is 0.337 e. The first-order valence-corrected chi connectivity index (χ1v) is 7.29. The summed E-state index contributed by atoms with van der Waals surface area (Å²) >= 11 is 0. The minimum atomic E-state index is -0.468. The van der Waals surface area contributed by atoms with Crippen LogP contribution in [0.25, 0.3) is 0 Å². The van der Waals surface area contributed by atoms with Crippen molar-refractivity contribution in [3.63, 3.8) is 0 Å². The van der Waals surface area contributed by atoms with E-state index in [2.05, 4.69) is 12.1 Å². The summed E-state index contributed by atoms with van der Waals surface area (Å²) in [6.45, 7) is 3.02. The van der Waals surface area contributed by atoms with E-state index in [1.807, 2.05) is 53.4 Å². The van der Waals surface area contributed by atoms with E-state index in [0.717, 1.165) is 12.0 Å². The third-order valence-corrected chi connectivity index (χ3v) is 3.43. The molecule has 2 aromatic carbocycles. The zero-order valence-corrected chi connectivity index (χ0v) is 12.4. The molecule has 0 fully saturated rings. The molecule has 2 aromatic rings. The van der Waals surface area contributed by atoms with Crippen LogP contribution in [-0.4, -0.2) is 23.4 Å². The van der Waals surface area contributed by atoms with Gasteiger partial charge in [0.25, 0.3) is 0 Å². The van der Waals surface area contributed by atoms with Crippen LogP contribution in [0.3, 0.4) is 0 Å². The molecule has 0 aliphatic heterocycles. The van der Waals surface area contributed by atoms with Crippen molar-refractivity contribution in [2.24, 2.45) is 5.73 Å². The van der Waals surface area contributed by atoms with E-state index >= 15 is 0 Å². The number of carbonyl (C=O) groups excluding carboxylic acids is 1. The topological polar surface area (TPSA) is 46.3 Å². The molecule has 1 amide bonds. The average Bonchev–Trinajstić information content (AvgIpc) is 2.52. The summed E-state index contributed by atoms with van der Waals surface area (Å²) < 4.78 is 0. The Kier molecular flexibility index (Phi) is 5.52. The SMILES string of the molecule is CC(N)C(=O)N(CCc1ccccc1)Cc1ccccc1. The van der Waals surface area contributed by atoms with Crippen molar-refractivity contribution in [3.8, 4) is 0 Å². The molecule has 0 aromatic heterocycles. The molecular formula is C18H22N2O. The second-order valence-electron chi connectivity index (χ2n) is 5.27. The molecule has 2 N–H and O–H groups in total. The van der Waals surface area contributed by atoms with Crippen molar-refractivity contribution < 1.29 is 4.79 Å². The smallest absolute Gasteiger partial charge is 0.239 e. The third kappa shape index (κ3) is 4.72. The average molecular weight is 282 g/mol. The number of amides is 1. The Morgan fingerprint density at radius 2 is 1.52 bits per heavy atom. The van der Waals surface area contributed by atoms with Gasteiger partial charge in [0.1, 0.15) is 0 Å². The first-order valence-electron chi connectivity index (χ1n) is 7.29. The molecule has 0 radical (unpaired) electrons. The normalized spacial score (nSPS) is 11.9. The van der Waals surface area contributed by atoms with Crippen LogP contribution in [0, 0.1) is 0 Å². The van der Waals surface area contributed by atoms with E-state index in [0.29, 0.717) is 13.1 Å². The van der Waals surface area contributed by atoms with E-state index in [4.69, 9.17) is 5.73 Å². The number of benzene rings is 2. The number of nitrogens with zero attached hydrogens (tertiary/aromatic N) is 1. The van der Waals surface area contributed by atoms with Crippen LogP contribution >= 0.6 is 0 Å². The second-order valence-corrected chi connectivity index (χ2v) is 5.27. The van der Waals surface area contributed by atoms with Crippen molar-refractivity contribution in [1.82, 2.24) is 4.90 Å². The summed E-state index contributed by atoms with van der Waals surface area (Å²) in [4.78, 5) is 14.1. The van der Waals surface area contributed by atoms with Gasteiger partial charge in [-0.1, -0.05) is 60.7 Å². The zero-order chi connectivity index (χ0) is 15.1. The maximum atomic E-state index is 12.3. The summed E-state index contributed by atoms with van der Waals surface area (Å²) in [6, 6.07) is 19.7. The number of rotatable bonds is 6. The van der Waals surface area contributed by atoms with E-state index in [-0.39, 0.29) is 5.91 Å². The van der Waals surface area contributed by atoms with Crippen molar-refractivity contribution >= 4 is 5.91 Å². The summed E-state index contributed by atoms with van der Waals surface area (Å²) in [5, 5.41) is 0. The van der Waals surface area contributed by atoms with Gasteiger partial charge in [-0.25, -0.2) is 0 Å². The molecule has 110 valence electrons. The predicted molar refractivity (Wildman–Crippen MR) is 85.7 cm³/mol. The summed E-state index contributed by atoms with van der Waals surface area (Å²) in [5.74, 6) is -0.00483. The van der Waals surface area contributed by atoms with Gasteiger partial charge in [0.2, 0.25) is 5.91 Å². The van der Waals surface area contributed by atoms with Gasteiger partial charge >= 0.3 is 0 Å². The number of hydrogen-bond acceptors (Lipinski definition) is 2. The lowest BCUT2D eigenvalue weighted by molar-refractivity contribution is -0.132. The van der Waals surface area contributed by atoms with Gasteiger partial charge in [-0.15, -0.1) is 0 Å². The zero-order valence-electron chi connectivity index (χ0n) is 12.4. The number of carbonyl (C=O) groups is 1. The van der Waals surface area contributed by atoms with Crippen molar-refractivity contribution in [3.05, 3.63) is 71.8 Å². The van der Waals surface area contributed by atoms with Gasteiger partial charge in [-0.05, 0) is 24.5 Å². The quantitative estimate of drug-likeness (QED) is 0.885. The standard InChI is InChI=1S/C18H22N2O/c1-15(19)18(21)20(14-17-10-6-3-7-11-17)13-12-16-8-4-2-5-9-16/h2-11,15H,12-14,19H2,1H3. The second kappa shape index (κ2) is 7.60. The van der Waals surface area contributed by atoms with Crippen LogP contribution in [0.5, 0.6) is 0 Å². The van der Waals surface area contributed by atoms with E-state index in [9.17, 15) is 4.79 Å². The van der Waals surface area contributed by atoms with Crippen LogP contribution in [0.15, 0.2) is 60.7 Å². The van der Waals surface area contributed by atoms with Crippen LogP contribution in [-0.2, 0) is 17.8 Å². The minimum Gasteiger partial charge on any atom is -0.337 e. The monoisotopic (exact) mass is 282 g/mol. The van der Waals surface area contributed by atoms with Crippen LogP contribution in [0.1, 0.15) is 18.1 Å². The highest BCUT2D eigenvalue weighted by Gasteiger charge is 2.17. The Morgan fingerprint density at radius 1 is 1.00 bits per heavy atom. The van der Waals surface area contributed by atoms with Crippen LogP contribution in [0.4, 0.5) is 0 Å². The lowest BCUT2D eigenvalue weighted by Crippen LogP contribution is -2.42. The molecule has 1 unspecified atom stereocenters. The molecule has 0 aliphatic carbocycles. The fraction of sp³-hybridized carbons (Fsp3) is 0.278. The fourth-order valence-corrected chi connectivity index (χ4v) is 2.27. The Morgan fingerprint density at radius 3 is 2.05 bits per heavy atom. The first kappa shape index (κ1) is 15.3. The molecule has 0 saturated carbocycles. The van der Waals surface area contributed by atoms with E-state index in [1.54, 1.807) is 6.92 Å². The molecule has 0 aliphatic rings. The molecule has 0 saturated heterocycles. The summed E-state index contributed by atoms with van der Waals surface area (Å²) in [7, 11) is 0. The van der Waals surface area contributed by atoms with Crippen molar-refractivity contribution in [1.29, 1.82) is 0 Å². The van der Waals surface area contributed by atoms with E-state index < -0.39 is 6.04 Å². The highest BCUT2D eigenvalue weighted by Crippen LogP contribution is 2.08. The Hall–Kier alpha value is -2.13. The number of hydrogen-bond donors (Lipinski definition) is 1. The fourth-order valence-electron chi connectivity index (χ4n) is 2.27. The van der Waals surface area contributed by atoms with Gasteiger partial charge in [-0.2, -0.15) is 0 Å². The van der Waals surface area contributed by atoms with Gasteiger partial charge in [-0.3, -0.25) is 4.79 Å². The predicted octanol–water partition coefficient (Wildman–Crippen LogP) is 2.61. The minimum absolute atomic E-state index is 0.00483. The molecule has 1 atom stereocenters. The van der Waals surface area contributed by atoms with Crippen molar-refractivity contribution in [2.45, 2.75) is 25.9 Å². The molecule has 0 bridgehead atoms. The molecule has 0 spiro atoms. The van der Waals surface area contributed by atoms with Crippen molar-refractivity contribution in [2.75, 3.05) is 6.54 Å². The number of nitrogens with two attached hydrogens (primary N) is 1. The van der Waals surface area contributed by atoms with Crippen LogP contribution < -0.4 is 5.73 Å². The Balaban J connectivity index is 2.04. The Labute approximate surface area is 126 Å². The molecule has 0 heterocycles. The molecule has 21 heavy (non-hydrogen) atoms. The molecule has 3 heteroatoms. The van der Waals surface area contributed by atoms with Gasteiger partial charge in [0, 0.05) is 13.1 Å². The summed E-state index contributed by atoms with van der Waals surface area (Å²) in [5.41, 5.74) is 8.12. The highest BCUT2D eigenvalue weighted by atomic mass is 16.2.